The number of hydrogen-bond acceptors (Lipinski definition) is 8. The molecule has 4 rings (SSSR count). The number of aromatic nitrogens is 4. The summed E-state index contributed by atoms with van der Waals surface area (Å²) in [4.78, 5) is 15.3. The van der Waals surface area contributed by atoms with Gasteiger partial charge in [-0.15, -0.1) is 10.2 Å². The van der Waals surface area contributed by atoms with E-state index in [-0.39, 0.29) is 61.3 Å². The van der Waals surface area contributed by atoms with Crippen LogP contribution >= 0.6 is 0 Å². The average molecular weight is 602 g/mol. The molecule has 0 saturated carbocycles. The van der Waals surface area contributed by atoms with Crippen LogP contribution < -0.4 is 5.14 Å². The van der Waals surface area contributed by atoms with Crippen molar-refractivity contribution in [3.8, 4) is 0 Å². The standard InChI is InChI=1S/C23H26F3N7O5S2/c1-16-28-30-33(29-16)15-18-14-19(23(24,25)26)4-2-17(18)3-9-22(34)31-10-12-32(13-11-31)40(37,38)21-7-5-20(6-8-21)39(27,35)36/h2,4-8,14H,3,9-13,15H2,1H3,(H2,27,35,36). The lowest BCUT2D eigenvalue weighted by atomic mass is 9.99. The summed E-state index contributed by atoms with van der Waals surface area (Å²) in [6, 6.07) is 7.84. The van der Waals surface area contributed by atoms with Gasteiger partial charge in [-0.1, -0.05) is 6.07 Å². The van der Waals surface area contributed by atoms with Crippen LogP contribution in [-0.2, 0) is 44.0 Å². The van der Waals surface area contributed by atoms with Gasteiger partial charge in [-0.05, 0) is 66.1 Å². The molecular formula is C23H26F3N7O5S2. The van der Waals surface area contributed by atoms with Crippen LogP contribution in [0.15, 0.2) is 52.3 Å². The van der Waals surface area contributed by atoms with Crippen molar-refractivity contribution in [3.05, 3.63) is 65.0 Å². The third-order valence-electron chi connectivity index (χ3n) is 6.39. The quantitative estimate of drug-likeness (QED) is 0.402. The lowest BCUT2D eigenvalue weighted by Gasteiger charge is -2.34. The molecule has 2 heterocycles. The number of alkyl halides is 3. The molecule has 40 heavy (non-hydrogen) atoms. The number of sulfonamides is 2. The van der Waals surface area contributed by atoms with Gasteiger partial charge in [0.05, 0.1) is 21.9 Å². The molecule has 1 aliphatic rings. The lowest BCUT2D eigenvalue weighted by Crippen LogP contribution is -2.50. The molecular weight excluding hydrogens is 575 g/mol. The van der Waals surface area contributed by atoms with E-state index < -0.39 is 31.8 Å². The Labute approximate surface area is 228 Å². The van der Waals surface area contributed by atoms with Crippen LogP contribution in [0.3, 0.4) is 0 Å². The van der Waals surface area contributed by atoms with Crippen LogP contribution in [0.5, 0.6) is 0 Å². The molecule has 1 saturated heterocycles. The zero-order valence-corrected chi connectivity index (χ0v) is 22.9. The summed E-state index contributed by atoms with van der Waals surface area (Å²) < 4.78 is 89.9. The number of piperazine rings is 1. The Hall–Kier alpha value is -3.41. The first-order valence-corrected chi connectivity index (χ1v) is 15.0. The number of benzene rings is 2. The zero-order chi connectivity index (χ0) is 29.3. The number of nitrogens with zero attached hydrogens (tertiary/aromatic N) is 6. The van der Waals surface area contributed by atoms with E-state index in [2.05, 4.69) is 15.4 Å². The minimum Gasteiger partial charge on any atom is -0.340 e. The second kappa shape index (κ2) is 11.2. The molecule has 0 bridgehead atoms. The second-order valence-electron chi connectivity index (χ2n) is 9.15. The van der Waals surface area contributed by atoms with Gasteiger partial charge in [0.1, 0.15) is 0 Å². The Kier molecular flexibility index (Phi) is 8.30. The molecule has 1 fully saturated rings. The molecule has 1 amide bonds. The topological polar surface area (TPSA) is 161 Å². The van der Waals surface area contributed by atoms with Gasteiger partial charge < -0.3 is 4.90 Å². The minimum atomic E-state index is -4.54. The van der Waals surface area contributed by atoms with Crippen molar-refractivity contribution >= 4 is 26.0 Å². The van der Waals surface area contributed by atoms with Gasteiger partial charge in [-0.25, -0.2) is 22.0 Å². The van der Waals surface area contributed by atoms with Gasteiger partial charge in [0, 0.05) is 32.6 Å². The van der Waals surface area contributed by atoms with Crippen LogP contribution in [0.25, 0.3) is 0 Å². The van der Waals surface area contributed by atoms with E-state index in [1.54, 1.807) is 6.92 Å². The van der Waals surface area contributed by atoms with E-state index in [0.717, 1.165) is 36.4 Å². The molecule has 12 nitrogen and oxygen atoms in total. The third-order valence-corrected chi connectivity index (χ3v) is 9.23. The highest BCUT2D eigenvalue weighted by Gasteiger charge is 2.32. The molecule has 0 radical (unpaired) electrons. The fourth-order valence-corrected chi connectivity index (χ4v) is 6.20. The van der Waals surface area contributed by atoms with Crippen LogP contribution in [-0.4, -0.2) is 78.3 Å². The van der Waals surface area contributed by atoms with Crippen molar-refractivity contribution in [2.45, 2.75) is 42.3 Å². The predicted molar refractivity (Wildman–Crippen MR) is 135 cm³/mol. The molecule has 3 aromatic rings. The Bertz CT molecular complexity index is 1600. The Morgan fingerprint density at radius 2 is 1.57 bits per heavy atom. The summed E-state index contributed by atoms with van der Waals surface area (Å²) in [5, 5.41) is 16.6. The molecule has 0 spiro atoms. The summed E-state index contributed by atoms with van der Waals surface area (Å²) in [5.41, 5.74) is 0.0101. The highest BCUT2D eigenvalue weighted by molar-refractivity contribution is 7.89. The lowest BCUT2D eigenvalue weighted by molar-refractivity contribution is -0.137. The van der Waals surface area contributed by atoms with Crippen LogP contribution in [0, 0.1) is 6.92 Å². The molecule has 17 heteroatoms. The maximum absolute atomic E-state index is 13.3. The Balaban J connectivity index is 1.39. The zero-order valence-electron chi connectivity index (χ0n) is 21.2. The van der Waals surface area contributed by atoms with Crippen molar-refractivity contribution in [1.29, 1.82) is 0 Å². The molecule has 1 aromatic heterocycles. The smallest absolute Gasteiger partial charge is 0.340 e. The van der Waals surface area contributed by atoms with Gasteiger partial charge in [-0.2, -0.15) is 22.3 Å². The first-order chi connectivity index (χ1) is 18.6. The number of nitrogens with two attached hydrogens (primary N) is 1. The van der Waals surface area contributed by atoms with Crippen LogP contribution in [0.2, 0.25) is 0 Å². The first kappa shape index (κ1) is 29.6. The Morgan fingerprint density at radius 1 is 0.950 bits per heavy atom. The summed E-state index contributed by atoms with van der Waals surface area (Å²) in [7, 11) is -7.90. The van der Waals surface area contributed by atoms with E-state index in [9.17, 15) is 34.8 Å². The number of aryl methyl sites for hydroxylation is 2. The monoisotopic (exact) mass is 601 g/mol. The van der Waals surface area contributed by atoms with E-state index in [0.29, 0.717) is 17.0 Å². The summed E-state index contributed by atoms with van der Waals surface area (Å²) >= 11 is 0. The molecule has 1 aliphatic heterocycles. The third kappa shape index (κ3) is 6.83. The SMILES string of the molecule is Cc1nnn(Cc2cc(C(F)(F)F)ccc2CCC(=O)N2CCN(S(=O)(=O)c3ccc(S(N)(=O)=O)cc3)CC2)n1. The molecule has 216 valence electrons. The number of rotatable bonds is 8. The molecule has 0 atom stereocenters. The maximum Gasteiger partial charge on any atom is 0.416 e. The highest BCUT2D eigenvalue weighted by Crippen LogP contribution is 2.31. The summed E-state index contributed by atoms with van der Waals surface area (Å²) in [5.74, 6) is 0.0977. The number of tetrazole rings is 1. The van der Waals surface area contributed by atoms with Gasteiger partial charge in [0.15, 0.2) is 5.82 Å². The first-order valence-electron chi connectivity index (χ1n) is 12.0. The van der Waals surface area contributed by atoms with Gasteiger partial charge in [0.2, 0.25) is 26.0 Å². The minimum absolute atomic E-state index is 0.00392. The van der Waals surface area contributed by atoms with Crippen LogP contribution in [0.1, 0.15) is 28.9 Å². The van der Waals surface area contributed by atoms with Crippen LogP contribution in [0.4, 0.5) is 13.2 Å². The summed E-state index contributed by atoms with van der Waals surface area (Å²) in [6.45, 7) is 1.83. The van der Waals surface area contributed by atoms with E-state index >= 15 is 0 Å². The number of carbonyl (C=O) groups is 1. The second-order valence-corrected chi connectivity index (χ2v) is 12.6. The molecule has 0 unspecified atom stereocenters. The molecule has 0 aliphatic carbocycles. The van der Waals surface area contributed by atoms with E-state index in [1.807, 2.05) is 0 Å². The van der Waals surface area contributed by atoms with E-state index in [4.69, 9.17) is 5.14 Å². The fourth-order valence-electron chi connectivity index (χ4n) is 4.26. The number of carbonyl (C=O) groups excluding carboxylic acids is 1. The van der Waals surface area contributed by atoms with Gasteiger partial charge in [0.25, 0.3) is 0 Å². The van der Waals surface area contributed by atoms with Crippen molar-refractivity contribution in [2.75, 3.05) is 26.2 Å². The van der Waals surface area contributed by atoms with Gasteiger partial charge in [-0.3, -0.25) is 4.79 Å². The molecule has 2 N–H and O–H groups in total. The number of hydrogen-bond donors (Lipinski definition) is 1. The van der Waals surface area contributed by atoms with Crippen molar-refractivity contribution in [2.24, 2.45) is 5.14 Å². The fraction of sp³-hybridized carbons (Fsp3) is 0.391. The van der Waals surface area contributed by atoms with Crippen molar-refractivity contribution in [3.63, 3.8) is 0 Å². The van der Waals surface area contributed by atoms with E-state index in [1.165, 1.54) is 20.1 Å². The maximum atomic E-state index is 13.3. The average Bonchev–Trinajstić information content (AvgIpc) is 3.31. The highest BCUT2D eigenvalue weighted by atomic mass is 32.2. The number of amides is 1. The number of halogens is 3. The number of primary sulfonamides is 1. The van der Waals surface area contributed by atoms with Crippen molar-refractivity contribution in [1.82, 2.24) is 29.4 Å². The summed E-state index contributed by atoms with van der Waals surface area (Å²) in [6.07, 6.45) is -4.38. The van der Waals surface area contributed by atoms with Gasteiger partial charge >= 0.3 is 6.18 Å². The predicted octanol–water partition coefficient (Wildman–Crippen LogP) is 1.16. The largest absolute Gasteiger partial charge is 0.416 e. The molecule has 2 aromatic carbocycles. The Morgan fingerprint density at radius 3 is 2.12 bits per heavy atom. The van der Waals surface area contributed by atoms with Crippen molar-refractivity contribution < 1.29 is 34.8 Å². The normalized spacial score (nSPS) is 15.4.